The van der Waals surface area contributed by atoms with Crippen LogP contribution in [-0.2, 0) is 14.8 Å². The Morgan fingerprint density at radius 3 is 2.65 bits per heavy atom. The van der Waals surface area contributed by atoms with Crippen molar-refractivity contribution in [1.82, 2.24) is 24.6 Å². The second-order valence-electron chi connectivity index (χ2n) is 7.76. The number of hydrogen-bond donors (Lipinski definition) is 2. The molecule has 0 saturated carbocycles. The first-order valence-corrected chi connectivity index (χ1v) is 11.8. The minimum absolute atomic E-state index is 0.00319. The van der Waals surface area contributed by atoms with E-state index in [4.69, 9.17) is 0 Å². The molecule has 9 nitrogen and oxygen atoms in total. The number of anilines is 1. The predicted octanol–water partition coefficient (Wildman–Crippen LogP) is 2.70. The van der Waals surface area contributed by atoms with Crippen LogP contribution in [0.5, 0.6) is 0 Å². The van der Waals surface area contributed by atoms with Gasteiger partial charge in [0.25, 0.3) is 16.4 Å². The van der Waals surface area contributed by atoms with Crippen molar-refractivity contribution in [2.45, 2.75) is 31.3 Å². The van der Waals surface area contributed by atoms with E-state index in [-0.39, 0.29) is 41.4 Å². The van der Waals surface area contributed by atoms with Crippen LogP contribution in [-0.4, -0.2) is 53.2 Å². The fourth-order valence-electron chi connectivity index (χ4n) is 3.69. The highest BCUT2D eigenvalue weighted by Crippen LogP contribution is 2.31. The van der Waals surface area contributed by atoms with Gasteiger partial charge in [0.05, 0.1) is 29.9 Å². The number of carbonyl (C=O) groups excluding carboxylic acids is 1. The largest absolute Gasteiger partial charge is 0.363 e. The van der Waals surface area contributed by atoms with E-state index < -0.39 is 39.8 Å². The van der Waals surface area contributed by atoms with E-state index in [0.29, 0.717) is 11.3 Å². The maximum atomic E-state index is 14.6. The van der Waals surface area contributed by atoms with Crippen molar-refractivity contribution < 1.29 is 26.4 Å². The number of amides is 1. The van der Waals surface area contributed by atoms with Gasteiger partial charge in [0.15, 0.2) is 5.03 Å². The third-order valence-electron chi connectivity index (χ3n) is 5.39. The van der Waals surface area contributed by atoms with Crippen LogP contribution in [0.25, 0.3) is 10.9 Å². The van der Waals surface area contributed by atoms with Crippen LogP contribution in [0.2, 0.25) is 0 Å². The third-order valence-corrected chi connectivity index (χ3v) is 7.13. The van der Waals surface area contributed by atoms with Crippen LogP contribution in [0.4, 0.5) is 19.0 Å². The first-order valence-electron chi connectivity index (χ1n) is 10.3. The summed E-state index contributed by atoms with van der Waals surface area (Å²) in [6.45, 7) is 3.14. The molecule has 0 aliphatic carbocycles. The standard InChI is InChI=1S/C21H21F3N6O3S/c1-11(13-4-3-5-14(19(13)22)20(23)24)27-21-15-8-18(26-9-16(15)28-12(2)29-21)34(32,33)30-7-6-25-17(31)10-30/h3-5,8-9,11,20H,6-7,10H2,1-2H3,(H,25,31)(H,27,28,29)/t11-/m1/s1. The molecule has 0 unspecified atom stereocenters. The normalized spacial score (nSPS) is 16.0. The third kappa shape index (κ3) is 4.53. The number of hydrogen-bond acceptors (Lipinski definition) is 7. The van der Waals surface area contributed by atoms with Crippen LogP contribution in [0.15, 0.2) is 35.5 Å². The molecule has 3 aromatic rings. The summed E-state index contributed by atoms with van der Waals surface area (Å²) in [5.74, 6) is -0.916. The highest BCUT2D eigenvalue weighted by molar-refractivity contribution is 7.89. The second-order valence-corrected chi connectivity index (χ2v) is 9.65. The first-order chi connectivity index (χ1) is 16.1. The molecular weight excluding hydrogens is 473 g/mol. The van der Waals surface area contributed by atoms with Gasteiger partial charge in [0.1, 0.15) is 17.5 Å². The number of piperazine rings is 1. The number of benzene rings is 1. The zero-order valence-corrected chi connectivity index (χ0v) is 19.0. The van der Waals surface area contributed by atoms with E-state index in [0.717, 1.165) is 10.4 Å². The fourth-order valence-corrected chi connectivity index (χ4v) is 5.02. The number of aryl methyl sites for hydroxylation is 1. The summed E-state index contributed by atoms with van der Waals surface area (Å²) in [5.41, 5.74) is -0.374. The summed E-state index contributed by atoms with van der Waals surface area (Å²) in [6.07, 6.45) is -1.70. The number of nitrogens with zero attached hydrogens (tertiary/aromatic N) is 4. The number of nitrogens with one attached hydrogen (secondary N) is 2. The lowest BCUT2D eigenvalue weighted by Crippen LogP contribution is -2.49. The van der Waals surface area contributed by atoms with Crippen LogP contribution in [0.1, 0.15) is 36.3 Å². The summed E-state index contributed by atoms with van der Waals surface area (Å²) in [6, 6.07) is 4.23. The maximum Gasteiger partial charge on any atom is 0.266 e. The molecule has 4 rings (SSSR count). The molecule has 2 aromatic heterocycles. The first kappa shape index (κ1) is 23.8. The van der Waals surface area contributed by atoms with Crippen molar-refractivity contribution in [3.8, 4) is 0 Å². The van der Waals surface area contributed by atoms with Crippen LogP contribution in [0, 0.1) is 12.7 Å². The van der Waals surface area contributed by atoms with E-state index in [1.165, 1.54) is 24.4 Å². The van der Waals surface area contributed by atoms with E-state index >= 15 is 0 Å². The van der Waals surface area contributed by atoms with Gasteiger partial charge in [0, 0.05) is 24.0 Å². The summed E-state index contributed by atoms with van der Waals surface area (Å²) < 4.78 is 68.0. The molecule has 180 valence electrons. The number of sulfonamides is 1. The molecule has 1 atom stereocenters. The molecule has 2 N–H and O–H groups in total. The Bertz CT molecular complexity index is 1370. The Hall–Kier alpha value is -3.32. The highest BCUT2D eigenvalue weighted by atomic mass is 32.2. The van der Waals surface area contributed by atoms with Gasteiger partial charge in [-0.1, -0.05) is 18.2 Å². The van der Waals surface area contributed by atoms with Gasteiger partial charge in [-0.15, -0.1) is 0 Å². The Morgan fingerprint density at radius 2 is 1.94 bits per heavy atom. The molecular formula is C21H21F3N6O3S. The van der Waals surface area contributed by atoms with Crippen LogP contribution >= 0.6 is 0 Å². The lowest BCUT2D eigenvalue weighted by molar-refractivity contribution is -0.122. The average Bonchev–Trinajstić information content (AvgIpc) is 2.78. The average molecular weight is 494 g/mol. The summed E-state index contributed by atoms with van der Waals surface area (Å²) >= 11 is 0. The Morgan fingerprint density at radius 1 is 1.21 bits per heavy atom. The zero-order chi connectivity index (χ0) is 24.6. The molecule has 1 saturated heterocycles. The second kappa shape index (κ2) is 9.14. The van der Waals surface area contributed by atoms with Crippen molar-refractivity contribution in [2.24, 2.45) is 0 Å². The Kier molecular flexibility index (Phi) is 6.41. The van der Waals surface area contributed by atoms with Crippen molar-refractivity contribution >= 4 is 32.7 Å². The smallest absolute Gasteiger partial charge is 0.266 e. The van der Waals surface area contributed by atoms with E-state index in [1.807, 2.05) is 0 Å². The number of fused-ring (bicyclic) bond motifs is 1. The quantitative estimate of drug-likeness (QED) is 0.541. The molecule has 34 heavy (non-hydrogen) atoms. The molecule has 1 aliphatic heterocycles. The number of alkyl halides is 2. The molecule has 1 aromatic carbocycles. The molecule has 3 heterocycles. The topological polar surface area (TPSA) is 117 Å². The monoisotopic (exact) mass is 494 g/mol. The van der Waals surface area contributed by atoms with Gasteiger partial charge in [-0.05, 0) is 19.9 Å². The lowest BCUT2D eigenvalue weighted by atomic mass is 10.0. The Labute approximate surface area is 193 Å². The van der Waals surface area contributed by atoms with Crippen molar-refractivity contribution in [3.63, 3.8) is 0 Å². The number of pyridine rings is 1. The minimum Gasteiger partial charge on any atom is -0.363 e. The van der Waals surface area contributed by atoms with Gasteiger partial charge in [-0.25, -0.2) is 36.5 Å². The van der Waals surface area contributed by atoms with Gasteiger partial charge >= 0.3 is 0 Å². The minimum atomic E-state index is -4.08. The van der Waals surface area contributed by atoms with Crippen LogP contribution in [0.3, 0.4) is 0 Å². The molecule has 0 radical (unpaired) electrons. The summed E-state index contributed by atoms with van der Waals surface area (Å²) in [4.78, 5) is 24.2. The van der Waals surface area contributed by atoms with Crippen LogP contribution < -0.4 is 10.6 Å². The van der Waals surface area contributed by atoms with E-state index in [9.17, 15) is 26.4 Å². The molecule has 0 spiro atoms. The van der Waals surface area contributed by atoms with Gasteiger partial charge in [-0.3, -0.25) is 4.79 Å². The molecule has 1 aliphatic rings. The van der Waals surface area contributed by atoms with Crippen molar-refractivity contribution in [2.75, 3.05) is 25.0 Å². The molecule has 0 bridgehead atoms. The summed E-state index contributed by atoms with van der Waals surface area (Å²) in [5, 5.41) is 5.53. The number of rotatable bonds is 6. The maximum absolute atomic E-state index is 14.6. The highest BCUT2D eigenvalue weighted by Gasteiger charge is 2.31. The fraction of sp³-hybridized carbons (Fsp3) is 0.333. The van der Waals surface area contributed by atoms with Gasteiger partial charge in [0.2, 0.25) is 5.91 Å². The zero-order valence-electron chi connectivity index (χ0n) is 18.2. The molecule has 1 amide bonds. The molecule has 13 heteroatoms. The number of halogens is 3. The number of carbonyl (C=O) groups is 1. The number of aromatic nitrogens is 3. The van der Waals surface area contributed by atoms with E-state index in [1.54, 1.807) is 13.8 Å². The van der Waals surface area contributed by atoms with Gasteiger partial charge < -0.3 is 10.6 Å². The van der Waals surface area contributed by atoms with Crippen molar-refractivity contribution in [3.05, 3.63) is 53.2 Å². The SMILES string of the molecule is Cc1nc(N[C@H](C)c2cccc(C(F)F)c2F)c2cc(S(=O)(=O)N3CCNC(=O)C3)ncc2n1. The van der Waals surface area contributed by atoms with E-state index in [2.05, 4.69) is 25.6 Å². The Balaban J connectivity index is 1.73. The molecule has 1 fully saturated rings. The van der Waals surface area contributed by atoms with Crippen molar-refractivity contribution in [1.29, 1.82) is 0 Å². The summed E-state index contributed by atoms with van der Waals surface area (Å²) in [7, 11) is -4.08. The van der Waals surface area contributed by atoms with Gasteiger partial charge in [-0.2, -0.15) is 4.31 Å². The lowest BCUT2D eigenvalue weighted by Gasteiger charge is -2.25. The predicted molar refractivity (Wildman–Crippen MR) is 117 cm³/mol.